The number of hydrogen-bond donors (Lipinski definition) is 1. The van der Waals surface area contributed by atoms with Gasteiger partial charge in [0.1, 0.15) is 23.0 Å². The number of amides is 1. The van der Waals surface area contributed by atoms with Crippen LogP contribution < -0.4 is 9.47 Å². The molecular formula is C27H25NO6. The van der Waals surface area contributed by atoms with Gasteiger partial charge in [-0.05, 0) is 42.0 Å². The van der Waals surface area contributed by atoms with Crippen molar-refractivity contribution in [2.75, 3.05) is 27.4 Å². The summed E-state index contributed by atoms with van der Waals surface area (Å²) in [6, 6.07) is 22.3. The van der Waals surface area contributed by atoms with Crippen molar-refractivity contribution in [3.8, 4) is 17.2 Å². The number of aliphatic hydroxyl groups is 1. The maximum Gasteiger partial charge on any atom is 0.295 e. The normalized spacial score (nSPS) is 17.1. The van der Waals surface area contributed by atoms with Gasteiger partial charge in [0, 0.05) is 19.2 Å². The fourth-order valence-corrected chi connectivity index (χ4v) is 3.95. The average Bonchev–Trinajstić information content (AvgIpc) is 3.12. The van der Waals surface area contributed by atoms with Gasteiger partial charge >= 0.3 is 0 Å². The van der Waals surface area contributed by atoms with Gasteiger partial charge in [0.05, 0.1) is 25.3 Å². The second-order valence-corrected chi connectivity index (χ2v) is 7.70. The highest BCUT2D eigenvalue weighted by Crippen LogP contribution is 2.40. The number of para-hydroxylation sites is 1. The van der Waals surface area contributed by atoms with Crippen molar-refractivity contribution in [3.05, 3.63) is 95.6 Å². The summed E-state index contributed by atoms with van der Waals surface area (Å²) >= 11 is 0. The number of ether oxygens (including phenoxy) is 3. The molecular weight excluding hydrogens is 434 g/mol. The molecule has 1 unspecified atom stereocenters. The van der Waals surface area contributed by atoms with Crippen molar-refractivity contribution in [3.63, 3.8) is 0 Å². The Bertz CT molecular complexity index is 1220. The van der Waals surface area contributed by atoms with E-state index in [0.29, 0.717) is 28.4 Å². The molecule has 1 heterocycles. The molecule has 1 fully saturated rings. The van der Waals surface area contributed by atoms with Crippen molar-refractivity contribution < 1.29 is 28.9 Å². The van der Waals surface area contributed by atoms with Crippen LogP contribution in [0.2, 0.25) is 0 Å². The Kier molecular flexibility index (Phi) is 6.94. The number of aliphatic hydroxyl groups excluding tert-OH is 1. The molecule has 0 aliphatic carbocycles. The van der Waals surface area contributed by atoms with Gasteiger partial charge in [0.25, 0.3) is 11.7 Å². The standard InChI is InChI=1S/C27H25NO6/c1-32-15-14-28-24(18-8-6-13-22(16-18)34-20-10-4-3-5-11-20)23(26(30)27(28)31)25(29)19-9-7-12-21(17-19)33-2/h3-13,16-17,24,29H,14-15H2,1-2H3. The fourth-order valence-electron chi connectivity index (χ4n) is 3.95. The van der Waals surface area contributed by atoms with Gasteiger partial charge in [0.15, 0.2) is 0 Å². The van der Waals surface area contributed by atoms with Gasteiger partial charge in [0.2, 0.25) is 0 Å². The topological polar surface area (TPSA) is 85.3 Å². The van der Waals surface area contributed by atoms with Crippen molar-refractivity contribution in [1.29, 1.82) is 0 Å². The Morgan fingerprint density at radius 3 is 2.32 bits per heavy atom. The molecule has 0 bridgehead atoms. The van der Waals surface area contributed by atoms with Crippen LogP contribution in [0, 0.1) is 0 Å². The Labute approximate surface area is 197 Å². The van der Waals surface area contributed by atoms with Crippen molar-refractivity contribution in [2.24, 2.45) is 0 Å². The van der Waals surface area contributed by atoms with Crippen LogP contribution in [0.15, 0.2) is 84.4 Å². The lowest BCUT2D eigenvalue weighted by atomic mass is 9.95. The van der Waals surface area contributed by atoms with Gasteiger partial charge < -0.3 is 24.2 Å². The summed E-state index contributed by atoms with van der Waals surface area (Å²) in [4.78, 5) is 27.5. The molecule has 4 rings (SSSR count). The molecule has 0 aromatic heterocycles. The fraction of sp³-hybridized carbons (Fsp3) is 0.185. The summed E-state index contributed by atoms with van der Waals surface area (Å²) in [5, 5.41) is 11.2. The van der Waals surface area contributed by atoms with E-state index < -0.39 is 17.7 Å². The smallest absolute Gasteiger partial charge is 0.295 e. The summed E-state index contributed by atoms with van der Waals surface area (Å²) in [5.41, 5.74) is 1.02. The number of methoxy groups -OCH3 is 2. The highest BCUT2D eigenvalue weighted by molar-refractivity contribution is 6.46. The van der Waals surface area contributed by atoms with Gasteiger partial charge in [-0.1, -0.05) is 42.5 Å². The first-order valence-corrected chi connectivity index (χ1v) is 10.8. The molecule has 1 amide bonds. The molecule has 1 saturated heterocycles. The number of hydrogen-bond acceptors (Lipinski definition) is 6. The minimum absolute atomic E-state index is 0.00576. The molecule has 1 N–H and O–H groups in total. The number of likely N-dealkylation sites (tertiary alicyclic amines) is 1. The summed E-state index contributed by atoms with van der Waals surface area (Å²) in [6.45, 7) is 0.424. The van der Waals surface area contributed by atoms with E-state index in [1.54, 1.807) is 48.5 Å². The predicted molar refractivity (Wildman–Crippen MR) is 127 cm³/mol. The number of benzene rings is 3. The van der Waals surface area contributed by atoms with Gasteiger partial charge in [-0.15, -0.1) is 0 Å². The molecule has 3 aromatic carbocycles. The van der Waals surface area contributed by atoms with E-state index in [1.807, 2.05) is 30.3 Å². The zero-order chi connectivity index (χ0) is 24.1. The van der Waals surface area contributed by atoms with Gasteiger partial charge in [-0.3, -0.25) is 9.59 Å². The minimum atomic E-state index is -0.805. The SMILES string of the molecule is COCCN1C(=O)C(=O)C(=C(O)c2cccc(OC)c2)C1c1cccc(Oc2ccccc2)c1. The van der Waals surface area contributed by atoms with Crippen LogP contribution in [0.3, 0.4) is 0 Å². The Morgan fingerprint density at radius 2 is 1.59 bits per heavy atom. The lowest BCUT2D eigenvalue weighted by Crippen LogP contribution is -2.32. The first-order valence-electron chi connectivity index (χ1n) is 10.8. The second kappa shape index (κ2) is 10.2. The number of nitrogens with zero attached hydrogens (tertiary/aromatic N) is 1. The van der Waals surface area contributed by atoms with E-state index in [1.165, 1.54) is 19.1 Å². The van der Waals surface area contributed by atoms with E-state index >= 15 is 0 Å². The third kappa shape index (κ3) is 4.65. The van der Waals surface area contributed by atoms with E-state index in [4.69, 9.17) is 14.2 Å². The molecule has 34 heavy (non-hydrogen) atoms. The molecule has 7 nitrogen and oxygen atoms in total. The van der Waals surface area contributed by atoms with Gasteiger partial charge in [-0.2, -0.15) is 0 Å². The van der Waals surface area contributed by atoms with Crippen LogP contribution in [0.25, 0.3) is 5.76 Å². The monoisotopic (exact) mass is 459 g/mol. The zero-order valence-electron chi connectivity index (χ0n) is 18.9. The van der Waals surface area contributed by atoms with Crippen LogP contribution in [-0.2, 0) is 14.3 Å². The highest BCUT2D eigenvalue weighted by Gasteiger charge is 2.46. The van der Waals surface area contributed by atoms with E-state index in [0.717, 1.165) is 0 Å². The summed E-state index contributed by atoms with van der Waals surface area (Å²) in [7, 11) is 3.04. The first kappa shape index (κ1) is 23.1. The van der Waals surface area contributed by atoms with E-state index in [2.05, 4.69) is 0 Å². The first-order chi connectivity index (χ1) is 16.5. The third-order valence-electron chi connectivity index (χ3n) is 5.57. The molecule has 1 atom stereocenters. The molecule has 0 saturated carbocycles. The molecule has 7 heteroatoms. The second-order valence-electron chi connectivity index (χ2n) is 7.70. The lowest BCUT2D eigenvalue weighted by molar-refractivity contribution is -0.140. The summed E-state index contributed by atoms with van der Waals surface area (Å²) < 4.78 is 16.4. The Balaban J connectivity index is 1.80. The van der Waals surface area contributed by atoms with Crippen LogP contribution in [0.1, 0.15) is 17.2 Å². The van der Waals surface area contributed by atoms with Crippen molar-refractivity contribution in [1.82, 2.24) is 4.90 Å². The predicted octanol–water partition coefficient (Wildman–Crippen LogP) is 4.56. The molecule has 1 aliphatic rings. The zero-order valence-corrected chi connectivity index (χ0v) is 18.9. The number of Topliss-reactive ketones (excluding diaryl/α,β-unsaturated/α-hetero) is 1. The average molecular weight is 459 g/mol. The summed E-state index contributed by atoms with van der Waals surface area (Å²) in [6.07, 6.45) is 0. The third-order valence-corrected chi connectivity index (χ3v) is 5.57. The largest absolute Gasteiger partial charge is 0.507 e. The van der Waals surface area contributed by atoms with Crippen molar-refractivity contribution in [2.45, 2.75) is 6.04 Å². The molecule has 0 radical (unpaired) electrons. The number of carbonyl (C=O) groups is 2. The lowest BCUT2D eigenvalue weighted by Gasteiger charge is -2.25. The summed E-state index contributed by atoms with van der Waals surface area (Å²) in [5.74, 6) is 0.00700. The maximum absolute atomic E-state index is 13.1. The van der Waals surface area contributed by atoms with E-state index in [9.17, 15) is 14.7 Å². The van der Waals surface area contributed by atoms with Crippen LogP contribution >= 0.6 is 0 Å². The number of carbonyl (C=O) groups excluding carboxylic acids is 2. The quantitative estimate of drug-likeness (QED) is 0.302. The van der Waals surface area contributed by atoms with Gasteiger partial charge in [-0.25, -0.2) is 0 Å². The molecule has 3 aromatic rings. The van der Waals surface area contributed by atoms with Crippen LogP contribution in [0.5, 0.6) is 17.2 Å². The minimum Gasteiger partial charge on any atom is -0.507 e. The number of ketones is 1. The Morgan fingerprint density at radius 1 is 0.882 bits per heavy atom. The molecule has 174 valence electrons. The Hall–Kier alpha value is -4.10. The van der Waals surface area contributed by atoms with Crippen molar-refractivity contribution >= 4 is 17.4 Å². The molecule has 0 spiro atoms. The van der Waals surface area contributed by atoms with Crippen LogP contribution in [0.4, 0.5) is 0 Å². The number of rotatable bonds is 8. The maximum atomic E-state index is 13.1. The molecule has 1 aliphatic heterocycles. The highest BCUT2D eigenvalue weighted by atomic mass is 16.5. The van der Waals surface area contributed by atoms with Crippen LogP contribution in [-0.4, -0.2) is 49.1 Å². The van der Waals surface area contributed by atoms with E-state index in [-0.39, 0.29) is 24.5 Å².